The van der Waals surface area contributed by atoms with E-state index in [2.05, 4.69) is 69.4 Å². The molecule has 0 heterocycles. The van der Waals surface area contributed by atoms with Gasteiger partial charge in [-0.15, -0.1) is 0 Å². The molecule has 0 bridgehead atoms. The zero-order valence-corrected chi connectivity index (χ0v) is 44.5. The van der Waals surface area contributed by atoms with Crippen LogP contribution in [0, 0.1) is 0 Å². The number of carbonyl (C=O) groups excluding carboxylic acids is 2. The third kappa shape index (κ3) is 54.5. The molecule has 0 radical (unpaired) electrons. The summed E-state index contributed by atoms with van der Waals surface area (Å²) in [6.07, 6.45) is 71.4. The molecule has 0 N–H and O–H groups in total. The van der Waals surface area contributed by atoms with Crippen molar-refractivity contribution in [1.29, 1.82) is 0 Å². The van der Waals surface area contributed by atoms with Crippen LogP contribution in [0.2, 0.25) is 0 Å². The lowest BCUT2D eigenvalue weighted by molar-refractivity contribution is -0.163. The summed E-state index contributed by atoms with van der Waals surface area (Å²) < 4.78 is 17.5. The van der Waals surface area contributed by atoms with Crippen molar-refractivity contribution in [2.75, 3.05) is 19.8 Å². The third-order valence-corrected chi connectivity index (χ3v) is 12.9. The quantitative estimate of drug-likeness (QED) is 0.0345. The fraction of sp³-hybridized carbons (Fsp3) is 0.836. The topological polar surface area (TPSA) is 61.8 Å². The molecule has 0 fully saturated rings. The number of hydrogen-bond donors (Lipinski definition) is 0. The van der Waals surface area contributed by atoms with E-state index in [4.69, 9.17) is 14.2 Å². The molecule has 0 aromatic heterocycles. The van der Waals surface area contributed by atoms with Crippen LogP contribution in [0.15, 0.2) is 48.6 Å². The minimum absolute atomic E-state index is 0.0827. The van der Waals surface area contributed by atoms with Crippen LogP contribution in [-0.4, -0.2) is 37.9 Å². The lowest BCUT2D eigenvalue weighted by Crippen LogP contribution is -2.30. The standard InChI is InChI=1S/C61H112O5/c1-4-7-10-13-16-19-22-24-26-28-30-32-34-36-38-41-44-47-50-53-56-64-57-59(66-61(63)55-52-49-46-43-39-21-18-15-12-9-6-3)58-65-60(62)54-51-48-45-42-40-37-35-33-31-29-27-25-23-20-17-14-11-8-5-2/h8,11,17,20,25,27,31,33,59H,4-7,9-10,12-16,18-19,21-24,26,28-30,32,34-58H2,1-3H3/b11-8-,20-17-,27-25-,33-31-. The second-order valence-corrected chi connectivity index (χ2v) is 19.5. The Balaban J connectivity index is 4.18. The van der Waals surface area contributed by atoms with E-state index in [1.54, 1.807) is 0 Å². The molecule has 0 aliphatic heterocycles. The van der Waals surface area contributed by atoms with Gasteiger partial charge in [0.25, 0.3) is 0 Å². The Morgan fingerprint density at radius 3 is 1.09 bits per heavy atom. The molecule has 5 nitrogen and oxygen atoms in total. The molecular formula is C61H112O5. The van der Waals surface area contributed by atoms with Gasteiger partial charge in [0.15, 0.2) is 6.10 Å². The molecule has 0 rings (SSSR count). The number of hydrogen-bond acceptors (Lipinski definition) is 5. The van der Waals surface area contributed by atoms with Gasteiger partial charge in [0.2, 0.25) is 0 Å². The normalized spacial score (nSPS) is 12.5. The average molecular weight is 926 g/mol. The highest BCUT2D eigenvalue weighted by Gasteiger charge is 2.17. The molecule has 66 heavy (non-hydrogen) atoms. The van der Waals surface area contributed by atoms with E-state index in [0.717, 1.165) is 70.6 Å². The Morgan fingerprint density at radius 2 is 0.682 bits per heavy atom. The number of unbranched alkanes of at least 4 members (excludes halogenated alkanes) is 35. The summed E-state index contributed by atoms with van der Waals surface area (Å²) in [6.45, 7) is 7.75. The maximum Gasteiger partial charge on any atom is 0.306 e. The Hall–Kier alpha value is -2.14. The third-order valence-electron chi connectivity index (χ3n) is 12.9. The fourth-order valence-corrected chi connectivity index (χ4v) is 8.56. The predicted octanol–water partition coefficient (Wildman–Crippen LogP) is 19.9. The number of ether oxygens (including phenoxy) is 3. The van der Waals surface area contributed by atoms with Crippen molar-refractivity contribution in [3.63, 3.8) is 0 Å². The van der Waals surface area contributed by atoms with Gasteiger partial charge in [-0.1, -0.05) is 281 Å². The minimum Gasteiger partial charge on any atom is -0.462 e. The summed E-state index contributed by atoms with van der Waals surface area (Å²) in [5.41, 5.74) is 0. The maximum atomic E-state index is 12.8. The number of esters is 2. The van der Waals surface area contributed by atoms with Gasteiger partial charge in [-0.3, -0.25) is 9.59 Å². The Labute approximate surface area is 412 Å². The molecule has 0 saturated carbocycles. The molecule has 0 aliphatic rings. The van der Waals surface area contributed by atoms with Crippen LogP contribution in [0.4, 0.5) is 0 Å². The molecule has 0 aromatic carbocycles. The van der Waals surface area contributed by atoms with Gasteiger partial charge in [0.05, 0.1) is 6.61 Å². The average Bonchev–Trinajstić information content (AvgIpc) is 3.32. The summed E-state index contributed by atoms with van der Waals surface area (Å²) in [4.78, 5) is 25.5. The van der Waals surface area contributed by atoms with Gasteiger partial charge < -0.3 is 14.2 Å². The van der Waals surface area contributed by atoms with Crippen LogP contribution in [-0.2, 0) is 23.8 Å². The molecule has 1 unspecified atom stereocenters. The maximum absolute atomic E-state index is 12.8. The van der Waals surface area contributed by atoms with Crippen molar-refractivity contribution in [1.82, 2.24) is 0 Å². The highest BCUT2D eigenvalue weighted by molar-refractivity contribution is 5.70. The molecule has 0 aromatic rings. The molecule has 0 saturated heterocycles. The van der Waals surface area contributed by atoms with Crippen molar-refractivity contribution in [3.05, 3.63) is 48.6 Å². The molecule has 0 aliphatic carbocycles. The number of allylic oxidation sites excluding steroid dienone is 8. The molecule has 1 atom stereocenters. The lowest BCUT2D eigenvalue weighted by atomic mass is 10.0. The number of rotatable bonds is 54. The predicted molar refractivity (Wildman–Crippen MR) is 288 cm³/mol. The zero-order chi connectivity index (χ0) is 47.7. The van der Waals surface area contributed by atoms with E-state index in [0.29, 0.717) is 19.4 Å². The summed E-state index contributed by atoms with van der Waals surface area (Å²) >= 11 is 0. The van der Waals surface area contributed by atoms with Gasteiger partial charge in [-0.25, -0.2) is 0 Å². The molecule has 386 valence electrons. The van der Waals surface area contributed by atoms with E-state index in [-0.39, 0.29) is 25.2 Å². The minimum atomic E-state index is -0.538. The summed E-state index contributed by atoms with van der Waals surface area (Å²) in [5, 5.41) is 0. The first-order chi connectivity index (χ1) is 32.6. The van der Waals surface area contributed by atoms with Gasteiger partial charge in [-0.2, -0.15) is 0 Å². The highest BCUT2D eigenvalue weighted by atomic mass is 16.6. The monoisotopic (exact) mass is 925 g/mol. The smallest absolute Gasteiger partial charge is 0.306 e. The molecule has 5 heteroatoms. The Morgan fingerprint density at radius 1 is 0.348 bits per heavy atom. The van der Waals surface area contributed by atoms with E-state index >= 15 is 0 Å². The van der Waals surface area contributed by atoms with Crippen LogP contribution in [0.5, 0.6) is 0 Å². The molecule has 0 spiro atoms. The van der Waals surface area contributed by atoms with Crippen molar-refractivity contribution < 1.29 is 23.8 Å². The van der Waals surface area contributed by atoms with Crippen LogP contribution in [0.25, 0.3) is 0 Å². The van der Waals surface area contributed by atoms with Crippen LogP contribution in [0.3, 0.4) is 0 Å². The SMILES string of the molecule is CC/C=C\C/C=C\C/C=C\C/C=C\CCCCCCCCC(=O)OCC(COCCCCCCCCCCCCCCCCCCCCCC)OC(=O)CCCCCCCCCCCCC. The van der Waals surface area contributed by atoms with Gasteiger partial charge >= 0.3 is 11.9 Å². The van der Waals surface area contributed by atoms with Crippen molar-refractivity contribution in [2.45, 2.75) is 309 Å². The lowest BCUT2D eigenvalue weighted by Gasteiger charge is -2.18. The van der Waals surface area contributed by atoms with Crippen LogP contribution in [0.1, 0.15) is 303 Å². The van der Waals surface area contributed by atoms with Crippen molar-refractivity contribution in [3.8, 4) is 0 Å². The van der Waals surface area contributed by atoms with Crippen LogP contribution >= 0.6 is 0 Å². The first kappa shape index (κ1) is 63.9. The second kappa shape index (κ2) is 57.2. The largest absolute Gasteiger partial charge is 0.462 e. The van der Waals surface area contributed by atoms with Crippen molar-refractivity contribution in [2.24, 2.45) is 0 Å². The Kier molecular flexibility index (Phi) is 55.3. The van der Waals surface area contributed by atoms with E-state index in [9.17, 15) is 9.59 Å². The first-order valence-electron chi connectivity index (χ1n) is 29.2. The zero-order valence-electron chi connectivity index (χ0n) is 44.5. The summed E-state index contributed by atoms with van der Waals surface area (Å²) in [7, 11) is 0. The van der Waals surface area contributed by atoms with Gasteiger partial charge in [0.1, 0.15) is 6.61 Å². The van der Waals surface area contributed by atoms with Crippen LogP contribution < -0.4 is 0 Å². The Bertz CT molecular complexity index is 1090. The molecule has 0 amide bonds. The van der Waals surface area contributed by atoms with Gasteiger partial charge in [0, 0.05) is 19.4 Å². The van der Waals surface area contributed by atoms with E-state index < -0.39 is 6.10 Å². The van der Waals surface area contributed by atoms with E-state index in [1.807, 2.05) is 0 Å². The summed E-state index contributed by atoms with van der Waals surface area (Å²) in [5.74, 6) is -0.397. The second-order valence-electron chi connectivity index (χ2n) is 19.5. The van der Waals surface area contributed by atoms with Gasteiger partial charge in [-0.05, 0) is 57.8 Å². The first-order valence-corrected chi connectivity index (χ1v) is 29.2. The van der Waals surface area contributed by atoms with Crippen molar-refractivity contribution >= 4 is 11.9 Å². The highest BCUT2D eigenvalue weighted by Crippen LogP contribution is 2.17. The number of carbonyl (C=O) groups is 2. The molecular weight excluding hydrogens is 813 g/mol. The summed E-state index contributed by atoms with van der Waals surface area (Å²) in [6, 6.07) is 0. The fourth-order valence-electron chi connectivity index (χ4n) is 8.56. The van der Waals surface area contributed by atoms with E-state index in [1.165, 1.54) is 199 Å².